The van der Waals surface area contributed by atoms with Crippen molar-refractivity contribution in [2.24, 2.45) is 0 Å². The highest BCUT2D eigenvalue weighted by Crippen LogP contribution is 2.24. The van der Waals surface area contributed by atoms with Crippen LogP contribution in [0.5, 0.6) is 0 Å². The number of nitrogens with two attached hydrogens (primary N) is 1. The molecule has 2 aromatic rings. The van der Waals surface area contributed by atoms with Gasteiger partial charge in [-0.05, 0) is 12.1 Å². The van der Waals surface area contributed by atoms with Crippen molar-refractivity contribution in [3.8, 4) is 0 Å². The van der Waals surface area contributed by atoms with Crippen LogP contribution in [0, 0.1) is 0 Å². The lowest BCUT2D eigenvalue weighted by Gasteiger charge is -2.10. The number of carbonyl (C=O) groups excluding carboxylic acids is 1. The first-order chi connectivity index (χ1) is 10.2. The average molecular weight is 289 g/mol. The number of hydrogen-bond donors (Lipinski definition) is 2. The summed E-state index contributed by atoms with van der Waals surface area (Å²) in [5.74, 6) is -0.0651. The van der Waals surface area contributed by atoms with Gasteiger partial charge in [0.1, 0.15) is 12.9 Å². The summed E-state index contributed by atoms with van der Waals surface area (Å²) >= 11 is 0. The van der Waals surface area contributed by atoms with Gasteiger partial charge in [-0.25, -0.2) is 9.67 Å². The molecule has 1 amide bonds. The maximum Gasteiger partial charge on any atom is 0.246 e. The number of carbonyl (C=O) groups is 1. The summed E-state index contributed by atoms with van der Waals surface area (Å²) < 4.78 is 12.2. The van der Waals surface area contributed by atoms with Gasteiger partial charge in [0.2, 0.25) is 11.9 Å². The summed E-state index contributed by atoms with van der Waals surface area (Å²) in [6, 6.07) is 7.32. The molecular weight excluding hydrogens is 274 g/mol. The molecule has 1 saturated heterocycles. The zero-order valence-electron chi connectivity index (χ0n) is 11.2. The van der Waals surface area contributed by atoms with Crippen molar-refractivity contribution < 1.29 is 14.3 Å². The molecular formula is C13H15N5O3. The van der Waals surface area contributed by atoms with E-state index in [1.165, 1.54) is 11.0 Å². The summed E-state index contributed by atoms with van der Waals surface area (Å²) in [5, 5.41) is 6.62. The Hall–Kier alpha value is -2.45. The van der Waals surface area contributed by atoms with Crippen LogP contribution in [-0.4, -0.2) is 33.9 Å². The minimum Gasteiger partial charge on any atom is -0.367 e. The van der Waals surface area contributed by atoms with E-state index in [1.807, 2.05) is 12.1 Å². The number of nitrogen functional groups attached to an aromatic ring is 1. The third-order valence-corrected chi connectivity index (χ3v) is 2.95. The van der Waals surface area contributed by atoms with Gasteiger partial charge in [-0.2, -0.15) is 0 Å². The molecule has 1 aromatic carbocycles. The molecule has 110 valence electrons. The van der Waals surface area contributed by atoms with Crippen molar-refractivity contribution in [3.63, 3.8) is 0 Å². The van der Waals surface area contributed by atoms with Crippen LogP contribution in [0.15, 0.2) is 30.6 Å². The van der Waals surface area contributed by atoms with Gasteiger partial charge in [0, 0.05) is 11.3 Å². The maximum atomic E-state index is 11.8. The molecule has 3 rings (SSSR count). The number of aromatic nitrogens is 3. The predicted molar refractivity (Wildman–Crippen MR) is 74.2 cm³/mol. The molecule has 0 atom stereocenters. The van der Waals surface area contributed by atoms with Crippen molar-refractivity contribution in [2.75, 3.05) is 24.3 Å². The lowest BCUT2D eigenvalue weighted by Crippen LogP contribution is -2.19. The third-order valence-electron chi connectivity index (χ3n) is 2.95. The van der Waals surface area contributed by atoms with Gasteiger partial charge in [-0.15, -0.1) is 5.10 Å². The minimum atomic E-state index is -0.312. The molecule has 0 spiro atoms. The van der Waals surface area contributed by atoms with Crippen LogP contribution < -0.4 is 11.1 Å². The Morgan fingerprint density at radius 2 is 2.05 bits per heavy atom. The van der Waals surface area contributed by atoms with E-state index in [2.05, 4.69) is 15.4 Å². The highest BCUT2D eigenvalue weighted by atomic mass is 16.7. The van der Waals surface area contributed by atoms with Crippen LogP contribution in [-0.2, 0) is 20.8 Å². The Kier molecular flexibility index (Phi) is 3.80. The standard InChI is InChI=1S/C13H15N5O3/c14-13-15-8-18(17-13)7-11(19)16-10-3-1-9(2-4-10)12-20-5-6-21-12/h1-4,8,12H,5-7H2,(H2,14,17)(H,16,19). The number of hydrogen-bond acceptors (Lipinski definition) is 6. The summed E-state index contributed by atoms with van der Waals surface area (Å²) in [6.07, 6.45) is 1.10. The molecule has 1 aliphatic heterocycles. The number of rotatable bonds is 4. The van der Waals surface area contributed by atoms with Crippen LogP contribution in [0.25, 0.3) is 0 Å². The molecule has 0 aliphatic carbocycles. The number of amides is 1. The van der Waals surface area contributed by atoms with E-state index in [0.717, 1.165) is 5.56 Å². The Bertz CT molecular complexity index is 619. The molecule has 0 radical (unpaired) electrons. The number of nitrogens with one attached hydrogen (secondary N) is 1. The fourth-order valence-corrected chi connectivity index (χ4v) is 2.01. The number of nitrogens with zero attached hydrogens (tertiary/aromatic N) is 3. The SMILES string of the molecule is Nc1ncn(CC(=O)Nc2ccc(C3OCCO3)cc2)n1. The lowest BCUT2D eigenvalue weighted by molar-refractivity contribution is -0.116. The van der Waals surface area contributed by atoms with Gasteiger partial charge in [-0.3, -0.25) is 4.79 Å². The monoisotopic (exact) mass is 289 g/mol. The number of benzene rings is 1. The zero-order valence-corrected chi connectivity index (χ0v) is 11.2. The smallest absolute Gasteiger partial charge is 0.246 e. The summed E-state index contributed by atoms with van der Waals surface area (Å²) in [4.78, 5) is 15.6. The fraction of sp³-hybridized carbons (Fsp3) is 0.308. The highest BCUT2D eigenvalue weighted by molar-refractivity contribution is 5.90. The summed E-state index contributed by atoms with van der Waals surface area (Å²) in [5.41, 5.74) is 7.00. The van der Waals surface area contributed by atoms with E-state index in [9.17, 15) is 4.79 Å². The second-order valence-electron chi connectivity index (χ2n) is 4.54. The van der Waals surface area contributed by atoms with Crippen molar-refractivity contribution in [1.29, 1.82) is 0 Å². The lowest BCUT2D eigenvalue weighted by atomic mass is 10.2. The van der Waals surface area contributed by atoms with E-state index in [1.54, 1.807) is 12.1 Å². The van der Waals surface area contributed by atoms with E-state index in [4.69, 9.17) is 15.2 Å². The van der Waals surface area contributed by atoms with Gasteiger partial charge in [0.05, 0.1) is 13.2 Å². The van der Waals surface area contributed by atoms with E-state index in [0.29, 0.717) is 18.9 Å². The molecule has 2 heterocycles. The maximum absolute atomic E-state index is 11.8. The number of ether oxygens (including phenoxy) is 2. The van der Waals surface area contributed by atoms with Gasteiger partial charge >= 0.3 is 0 Å². The van der Waals surface area contributed by atoms with E-state index < -0.39 is 0 Å². The first-order valence-electron chi connectivity index (χ1n) is 6.48. The van der Waals surface area contributed by atoms with Crippen LogP contribution >= 0.6 is 0 Å². The molecule has 1 fully saturated rings. The Morgan fingerprint density at radius 1 is 1.33 bits per heavy atom. The van der Waals surface area contributed by atoms with Gasteiger partial charge < -0.3 is 20.5 Å². The van der Waals surface area contributed by atoms with Crippen LogP contribution in [0.3, 0.4) is 0 Å². The second-order valence-corrected chi connectivity index (χ2v) is 4.54. The molecule has 0 bridgehead atoms. The largest absolute Gasteiger partial charge is 0.367 e. The molecule has 0 saturated carbocycles. The molecule has 3 N–H and O–H groups in total. The molecule has 8 heteroatoms. The Labute approximate surface area is 120 Å². The second kappa shape index (κ2) is 5.90. The molecule has 0 unspecified atom stereocenters. The highest BCUT2D eigenvalue weighted by Gasteiger charge is 2.17. The predicted octanol–water partition coefficient (Wildman–Crippen LogP) is 0.544. The normalized spacial score (nSPS) is 15.2. The van der Waals surface area contributed by atoms with E-state index in [-0.39, 0.29) is 24.7 Å². The molecule has 21 heavy (non-hydrogen) atoms. The van der Waals surface area contributed by atoms with Crippen LogP contribution in [0.4, 0.5) is 11.6 Å². The quantitative estimate of drug-likeness (QED) is 0.851. The van der Waals surface area contributed by atoms with Gasteiger partial charge in [0.25, 0.3) is 0 Å². The van der Waals surface area contributed by atoms with Crippen molar-refractivity contribution in [2.45, 2.75) is 12.8 Å². The average Bonchev–Trinajstić information content (AvgIpc) is 3.11. The van der Waals surface area contributed by atoms with E-state index >= 15 is 0 Å². The Balaban J connectivity index is 1.58. The zero-order chi connectivity index (χ0) is 14.7. The van der Waals surface area contributed by atoms with Crippen molar-refractivity contribution in [1.82, 2.24) is 14.8 Å². The summed E-state index contributed by atoms with van der Waals surface area (Å²) in [6.45, 7) is 1.26. The number of anilines is 2. The van der Waals surface area contributed by atoms with Crippen LogP contribution in [0.2, 0.25) is 0 Å². The topological polar surface area (TPSA) is 104 Å². The third kappa shape index (κ3) is 3.36. The molecule has 1 aromatic heterocycles. The van der Waals surface area contributed by atoms with Gasteiger partial charge in [-0.1, -0.05) is 12.1 Å². The first kappa shape index (κ1) is 13.5. The molecule has 1 aliphatic rings. The fourth-order valence-electron chi connectivity index (χ4n) is 2.01. The van der Waals surface area contributed by atoms with Crippen LogP contribution in [0.1, 0.15) is 11.9 Å². The summed E-state index contributed by atoms with van der Waals surface area (Å²) in [7, 11) is 0. The Morgan fingerprint density at radius 3 is 2.67 bits per heavy atom. The molecule has 8 nitrogen and oxygen atoms in total. The van der Waals surface area contributed by atoms with Gasteiger partial charge in [0.15, 0.2) is 6.29 Å². The van der Waals surface area contributed by atoms with Crippen molar-refractivity contribution in [3.05, 3.63) is 36.2 Å². The first-order valence-corrected chi connectivity index (χ1v) is 6.48. The van der Waals surface area contributed by atoms with Crippen molar-refractivity contribution >= 4 is 17.5 Å². The minimum absolute atomic E-state index is 0.0563.